The Morgan fingerprint density at radius 1 is 0.812 bits per heavy atom. The summed E-state index contributed by atoms with van der Waals surface area (Å²) in [5.74, 6) is -1.56. The molecule has 1 atom stereocenters. The smallest absolute Gasteiger partial charge is 0.332 e. The van der Waals surface area contributed by atoms with Gasteiger partial charge in [-0.15, -0.1) is 0 Å². The Kier molecular flexibility index (Phi) is 14.8. The first kappa shape index (κ1) is 36.5. The molecule has 4 aromatic rings. The highest BCUT2D eigenvalue weighted by atomic mass is 35.5. The maximum atomic E-state index is 13.9. The summed E-state index contributed by atoms with van der Waals surface area (Å²) in [5, 5.41) is 14.0. The minimum atomic E-state index is -1.69. The molecule has 0 spiro atoms. The quantitative estimate of drug-likeness (QED) is 0.0522. The number of hydrogen-bond acceptors (Lipinski definition) is 5. The number of carbonyl (C=O) groups is 2. The lowest BCUT2D eigenvalue weighted by molar-refractivity contribution is -0.118. The lowest BCUT2D eigenvalue weighted by Crippen LogP contribution is -2.39. The lowest BCUT2D eigenvalue weighted by Gasteiger charge is -2.19. The summed E-state index contributed by atoms with van der Waals surface area (Å²) < 4.78 is 8.15. The van der Waals surface area contributed by atoms with Crippen LogP contribution in [0.25, 0.3) is 0 Å². The molecule has 0 bridgehead atoms. The molecule has 9 heteroatoms. The minimum absolute atomic E-state index is 0.152. The lowest BCUT2D eigenvalue weighted by atomic mass is 10.0. The van der Waals surface area contributed by atoms with Gasteiger partial charge in [0, 0.05) is 10.6 Å². The molecule has 0 aliphatic rings. The molecular formula is C39H48ClN3O5. The largest absolute Gasteiger partial charge is 0.493 e. The highest BCUT2D eigenvalue weighted by molar-refractivity contribution is 6.31. The van der Waals surface area contributed by atoms with Gasteiger partial charge < -0.3 is 15.2 Å². The van der Waals surface area contributed by atoms with Crippen molar-refractivity contribution in [2.75, 3.05) is 11.9 Å². The zero-order valence-electron chi connectivity index (χ0n) is 27.9. The number of hydrogen-bond donors (Lipinski definition) is 2. The maximum absolute atomic E-state index is 13.9. The molecular weight excluding hydrogens is 626 g/mol. The number of halogens is 1. The van der Waals surface area contributed by atoms with Gasteiger partial charge in [0.15, 0.2) is 11.8 Å². The van der Waals surface area contributed by atoms with Crippen LogP contribution in [0.1, 0.15) is 106 Å². The van der Waals surface area contributed by atoms with Crippen molar-refractivity contribution >= 4 is 29.0 Å². The second-order valence-corrected chi connectivity index (χ2v) is 12.7. The summed E-state index contributed by atoms with van der Waals surface area (Å²) in [6, 6.07) is 20.6. The van der Waals surface area contributed by atoms with Crippen molar-refractivity contribution in [2.45, 2.75) is 96.6 Å². The molecule has 4 rings (SSSR count). The first-order valence-electron chi connectivity index (χ1n) is 17.3. The molecule has 256 valence electrons. The predicted octanol–water partition coefficient (Wildman–Crippen LogP) is 9.20. The van der Waals surface area contributed by atoms with Crippen LogP contribution in [-0.4, -0.2) is 32.5 Å². The van der Waals surface area contributed by atoms with Crippen molar-refractivity contribution in [2.24, 2.45) is 0 Å². The van der Waals surface area contributed by atoms with Crippen molar-refractivity contribution in [1.82, 2.24) is 9.13 Å². The fourth-order valence-corrected chi connectivity index (χ4v) is 5.97. The van der Waals surface area contributed by atoms with Gasteiger partial charge in [-0.1, -0.05) is 150 Å². The van der Waals surface area contributed by atoms with Crippen LogP contribution in [0, 0.1) is 0 Å². The number of aromatic hydroxyl groups is 1. The third kappa shape index (κ3) is 10.9. The molecule has 1 unspecified atom stereocenters. The number of nitrogens with one attached hydrogen (secondary N) is 1. The van der Waals surface area contributed by atoms with Gasteiger partial charge >= 0.3 is 5.69 Å². The van der Waals surface area contributed by atoms with Crippen LogP contribution in [0.5, 0.6) is 11.6 Å². The fourth-order valence-electron chi connectivity index (χ4n) is 5.80. The van der Waals surface area contributed by atoms with E-state index in [4.69, 9.17) is 16.3 Å². The molecule has 3 aromatic carbocycles. The van der Waals surface area contributed by atoms with Gasteiger partial charge in [0.05, 0.1) is 25.0 Å². The number of ketones is 1. The van der Waals surface area contributed by atoms with Gasteiger partial charge in [-0.2, -0.15) is 0 Å². The number of benzene rings is 3. The van der Waals surface area contributed by atoms with Crippen molar-refractivity contribution in [3.63, 3.8) is 0 Å². The molecule has 0 aliphatic heterocycles. The number of amides is 1. The summed E-state index contributed by atoms with van der Waals surface area (Å²) in [4.78, 5) is 41.3. The number of Topliss-reactive ketones (excluding diaryl/α,β-unsaturated/α-hetero) is 1. The Labute approximate surface area is 288 Å². The van der Waals surface area contributed by atoms with Gasteiger partial charge in [-0.05, 0) is 30.2 Å². The Hall–Kier alpha value is -4.30. The molecule has 48 heavy (non-hydrogen) atoms. The standard InChI is InChI=1S/C39H48ClN3O5/c1-2-3-4-5-6-7-8-9-10-11-12-19-26-48-34-25-24-32(40)27-33(34)41-38(46)36(37(45)31-22-17-14-18-23-31)43-35(44)29-42(39(43)47)28-30-20-15-13-16-21-30/h13-18,20-25,27,29,36,44H,2-12,19,26,28H2,1H3,(H,41,46). The molecule has 0 radical (unpaired) electrons. The van der Waals surface area contributed by atoms with E-state index in [1.807, 2.05) is 30.3 Å². The fraction of sp³-hybridized carbons (Fsp3) is 0.410. The van der Waals surface area contributed by atoms with E-state index in [1.165, 1.54) is 68.6 Å². The highest BCUT2D eigenvalue weighted by Gasteiger charge is 2.34. The van der Waals surface area contributed by atoms with Gasteiger partial charge in [0.2, 0.25) is 5.88 Å². The predicted molar refractivity (Wildman–Crippen MR) is 192 cm³/mol. The monoisotopic (exact) mass is 673 g/mol. The number of aromatic nitrogens is 2. The average molecular weight is 674 g/mol. The van der Waals surface area contributed by atoms with E-state index >= 15 is 0 Å². The van der Waals surface area contributed by atoms with Crippen molar-refractivity contribution in [3.05, 3.63) is 112 Å². The van der Waals surface area contributed by atoms with Crippen LogP contribution in [0.3, 0.4) is 0 Å². The summed E-state index contributed by atoms with van der Waals surface area (Å²) >= 11 is 6.30. The molecule has 0 aliphatic carbocycles. The number of unbranched alkanes of at least 4 members (excludes halogenated alkanes) is 11. The molecule has 0 fully saturated rings. The summed E-state index contributed by atoms with van der Waals surface area (Å²) in [7, 11) is 0. The second kappa shape index (κ2) is 19.5. The van der Waals surface area contributed by atoms with Crippen LogP contribution in [0.15, 0.2) is 89.9 Å². The van der Waals surface area contributed by atoms with Crippen LogP contribution in [0.2, 0.25) is 5.02 Å². The van der Waals surface area contributed by atoms with Gasteiger partial charge in [0.1, 0.15) is 5.75 Å². The molecule has 0 saturated carbocycles. The molecule has 1 heterocycles. The first-order chi connectivity index (χ1) is 23.4. The Morgan fingerprint density at radius 2 is 1.40 bits per heavy atom. The van der Waals surface area contributed by atoms with E-state index in [2.05, 4.69) is 12.2 Å². The van der Waals surface area contributed by atoms with E-state index in [0.717, 1.165) is 29.4 Å². The zero-order chi connectivity index (χ0) is 34.1. The van der Waals surface area contributed by atoms with E-state index in [0.29, 0.717) is 17.4 Å². The zero-order valence-corrected chi connectivity index (χ0v) is 28.7. The van der Waals surface area contributed by atoms with E-state index < -0.39 is 29.3 Å². The molecule has 8 nitrogen and oxygen atoms in total. The van der Waals surface area contributed by atoms with Crippen LogP contribution < -0.4 is 15.7 Å². The summed E-state index contributed by atoms with van der Waals surface area (Å²) in [5.41, 5.74) is 0.610. The summed E-state index contributed by atoms with van der Waals surface area (Å²) in [6.45, 7) is 2.85. The maximum Gasteiger partial charge on any atom is 0.332 e. The van der Waals surface area contributed by atoms with Crippen molar-refractivity contribution in [3.8, 4) is 11.6 Å². The van der Waals surface area contributed by atoms with Crippen LogP contribution in [-0.2, 0) is 11.3 Å². The van der Waals surface area contributed by atoms with Gasteiger partial charge in [0.25, 0.3) is 5.91 Å². The Bertz CT molecular complexity index is 1630. The first-order valence-corrected chi connectivity index (χ1v) is 17.6. The van der Waals surface area contributed by atoms with E-state index in [9.17, 15) is 19.5 Å². The van der Waals surface area contributed by atoms with Crippen LogP contribution in [0.4, 0.5) is 5.69 Å². The highest BCUT2D eigenvalue weighted by Crippen LogP contribution is 2.30. The van der Waals surface area contributed by atoms with Gasteiger partial charge in [-0.25, -0.2) is 9.36 Å². The third-order valence-corrected chi connectivity index (χ3v) is 8.67. The number of imidazole rings is 1. The number of carbonyl (C=O) groups excluding carboxylic acids is 2. The molecule has 2 N–H and O–H groups in total. The average Bonchev–Trinajstić information content (AvgIpc) is 3.36. The van der Waals surface area contributed by atoms with E-state index in [1.54, 1.807) is 48.5 Å². The number of anilines is 1. The van der Waals surface area contributed by atoms with Crippen LogP contribution >= 0.6 is 11.6 Å². The molecule has 0 saturated heterocycles. The van der Waals surface area contributed by atoms with E-state index in [-0.39, 0.29) is 17.8 Å². The van der Waals surface area contributed by atoms with Crippen molar-refractivity contribution in [1.29, 1.82) is 0 Å². The summed E-state index contributed by atoms with van der Waals surface area (Å²) in [6.07, 6.45) is 16.1. The molecule has 1 aromatic heterocycles. The normalized spacial score (nSPS) is 11.7. The topological polar surface area (TPSA) is 103 Å². The van der Waals surface area contributed by atoms with Crippen molar-refractivity contribution < 1.29 is 19.4 Å². The van der Waals surface area contributed by atoms with Gasteiger partial charge in [-0.3, -0.25) is 14.2 Å². The minimum Gasteiger partial charge on any atom is -0.493 e. The Balaban J connectivity index is 1.41. The SMILES string of the molecule is CCCCCCCCCCCCCCOc1ccc(Cl)cc1NC(=O)C(C(=O)c1ccccc1)n1c(O)cn(Cc2ccccc2)c1=O. The molecule has 1 amide bonds. The number of rotatable bonds is 21. The number of ether oxygens (including phenoxy) is 1. The third-order valence-electron chi connectivity index (χ3n) is 8.43. The Morgan fingerprint density at radius 3 is 2.02 bits per heavy atom. The number of nitrogens with zero attached hydrogens (tertiary/aromatic N) is 2. The second-order valence-electron chi connectivity index (χ2n) is 12.3.